The highest BCUT2D eigenvalue weighted by Crippen LogP contribution is 2.43. The molecule has 1 aliphatic rings. The molecule has 0 spiro atoms. The maximum absolute atomic E-state index is 13.3. The van der Waals surface area contributed by atoms with Crippen LogP contribution in [-0.2, 0) is 9.59 Å². The number of anilines is 1. The predicted octanol–water partition coefficient (Wildman–Crippen LogP) is 5.81. The van der Waals surface area contributed by atoms with Crippen molar-refractivity contribution in [3.63, 3.8) is 0 Å². The SMILES string of the molecule is CCOc1ccc(N2C(=O)C(=O)/C(=C(\O)c3ccc(OC(C)C)cc3)C2c2ccccc2C)cc1. The van der Waals surface area contributed by atoms with E-state index < -0.39 is 17.7 Å². The molecule has 0 radical (unpaired) electrons. The number of aliphatic hydroxyl groups is 1. The monoisotopic (exact) mass is 471 g/mol. The zero-order valence-corrected chi connectivity index (χ0v) is 20.3. The highest BCUT2D eigenvalue weighted by atomic mass is 16.5. The second-order valence-corrected chi connectivity index (χ2v) is 8.64. The van der Waals surface area contributed by atoms with Crippen molar-refractivity contribution in [2.45, 2.75) is 39.8 Å². The number of rotatable bonds is 7. The third-order valence-corrected chi connectivity index (χ3v) is 5.85. The number of amides is 1. The van der Waals surface area contributed by atoms with Crippen LogP contribution < -0.4 is 14.4 Å². The number of ketones is 1. The molecule has 6 nitrogen and oxygen atoms in total. The van der Waals surface area contributed by atoms with Crippen LogP contribution >= 0.6 is 0 Å². The van der Waals surface area contributed by atoms with Gasteiger partial charge in [0.1, 0.15) is 17.3 Å². The van der Waals surface area contributed by atoms with Gasteiger partial charge in [0.25, 0.3) is 11.7 Å². The molecule has 1 heterocycles. The van der Waals surface area contributed by atoms with Crippen molar-refractivity contribution in [1.82, 2.24) is 0 Å². The molecular formula is C29H29NO5. The van der Waals surface area contributed by atoms with Crippen molar-refractivity contribution >= 4 is 23.1 Å². The maximum atomic E-state index is 13.3. The van der Waals surface area contributed by atoms with Gasteiger partial charge in [0.05, 0.1) is 24.3 Å². The van der Waals surface area contributed by atoms with Crippen LogP contribution in [0, 0.1) is 6.92 Å². The van der Waals surface area contributed by atoms with Crippen molar-refractivity contribution in [2.24, 2.45) is 0 Å². The fourth-order valence-corrected chi connectivity index (χ4v) is 4.28. The Kier molecular flexibility index (Phi) is 6.92. The van der Waals surface area contributed by atoms with Gasteiger partial charge in [-0.1, -0.05) is 24.3 Å². The number of hydrogen-bond acceptors (Lipinski definition) is 5. The van der Waals surface area contributed by atoms with Gasteiger partial charge >= 0.3 is 0 Å². The first kappa shape index (κ1) is 24.1. The quantitative estimate of drug-likeness (QED) is 0.267. The lowest BCUT2D eigenvalue weighted by Crippen LogP contribution is -2.29. The molecule has 180 valence electrons. The molecule has 1 atom stereocenters. The number of aryl methyl sites for hydroxylation is 1. The molecule has 1 fully saturated rings. The van der Waals surface area contributed by atoms with Crippen LogP contribution in [0.3, 0.4) is 0 Å². The molecular weight excluding hydrogens is 442 g/mol. The van der Waals surface area contributed by atoms with Crippen molar-refractivity contribution < 1.29 is 24.2 Å². The number of benzene rings is 3. The lowest BCUT2D eigenvalue weighted by atomic mass is 9.92. The molecule has 1 unspecified atom stereocenters. The molecule has 3 aromatic carbocycles. The number of ether oxygens (including phenoxy) is 2. The lowest BCUT2D eigenvalue weighted by Gasteiger charge is -2.26. The Hall–Kier alpha value is -4.06. The molecule has 35 heavy (non-hydrogen) atoms. The molecule has 1 amide bonds. The zero-order valence-electron chi connectivity index (χ0n) is 20.3. The molecule has 3 aromatic rings. The second kappa shape index (κ2) is 10.1. The normalized spacial score (nSPS) is 17.2. The third kappa shape index (κ3) is 4.78. The van der Waals surface area contributed by atoms with Gasteiger partial charge in [0.15, 0.2) is 0 Å². The molecule has 0 bridgehead atoms. The fourth-order valence-electron chi connectivity index (χ4n) is 4.28. The summed E-state index contributed by atoms with van der Waals surface area (Å²) in [6, 6.07) is 20.7. The van der Waals surface area contributed by atoms with E-state index in [0.29, 0.717) is 29.4 Å². The average Bonchev–Trinajstić information content (AvgIpc) is 3.10. The Morgan fingerprint density at radius 2 is 1.57 bits per heavy atom. The summed E-state index contributed by atoms with van der Waals surface area (Å²) in [5.74, 6) is -0.317. The summed E-state index contributed by atoms with van der Waals surface area (Å²) < 4.78 is 11.2. The first-order valence-corrected chi connectivity index (χ1v) is 11.7. The summed E-state index contributed by atoms with van der Waals surface area (Å²) >= 11 is 0. The van der Waals surface area contributed by atoms with Gasteiger partial charge in [-0.3, -0.25) is 14.5 Å². The number of Topliss-reactive ketones (excluding diaryl/α,β-unsaturated/α-hetero) is 1. The van der Waals surface area contributed by atoms with Gasteiger partial charge in [0, 0.05) is 11.3 Å². The number of hydrogen-bond donors (Lipinski definition) is 1. The first-order valence-electron chi connectivity index (χ1n) is 11.7. The van der Waals surface area contributed by atoms with E-state index in [9.17, 15) is 14.7 Å². The molecule has 1 aliphatic heterocycles. The van der Waals surface area contributed by atoms with E-state index >= 15 is 0 Å². The minimum atomic E-state index is -0.777. The van der Waals surface area contributed by atoms with Crippen LogP contribution in [0.2, 0.25) is 0 Å². The Morgan fingerprint density at radius 3 is 2.17 bits per heavy atom. The lowest BCUT2D eigenvalue weighted by molar-refractivity contribution is -0.132. The Morgan fingerprint density at radius 1 is 0.943 bits per heavy atom. The van der Waals surface area contributed by atoms with Crippen LogP contribution in [0.4, 0.5) is 5.69 Å². The second-order valence-electron chi connectivity index (χ2n) is 8.64. The standard InChI is InChI=1S/C29H29NO5/c1-5-34-22-16-12-21(13-17-22)30-26(24-9-7-6-8-19(24)4)25(28(32)29(30)33)27(31)20-10-14-23(15-11-20)35-18(2)3/h6-18,26,31H,5H2,1-4H3/b27-25-. The van der Waals surface area contributed by atoms with Crippen LogP contribution in [0.15, 0.2) is 78.4 Å². The van der Waals surface area contributed by atoms with Crippen LogP contribution in [0.1, 0.15) is 43.5 Å². The molecule has 1 N–H and O–H groups in total. The van der Waals surface area contributed by atoms with Crippen molar-refractivity contribution in [3.05, 3.63) is 95.1 Å². The van der Waals surface area contributed by atoms with E-state index in [1.807, 2.05) is 52.0 Å². The smallest absolute Gasteiger partial charge is 0.300 e. The predicted molar refractivity (Wildman–Crippen MR) is 136 cm³/mol. The number of aliphatic hydroxyl groups excluding tert-OH is 1. The molecule has 4 rings (SSSR count). The van der Waals surface area contributed by atoms with Gasteiger partial charge in [0.2, 0.25) is 0 Å². The Labute approximate surface area is 205 Å². The molecule has 1 saturated heterocycles. The average molecular weight is 472 g/mol. The molecule has 0 aliphatic carbocycles. The van der Waals surface area contributed by atoms with Crippen LogP contribution in [0.5, 0.6) is 11.5 Å². The van der Waals surface area contributed by atoms with Crippen molar-refractivity contribution in [2.75, 3.05) is 11.5 Å². The first-order chi connectivity index (χ1) is 16.8. The summed E-state index contributed by atoms with van der Waals surface area (Å²) in [5.41, 5.74) is 2.70. The van der Waals surface area contributed by atoms with E-state index in [1.54, 1.807) is 48.5 Å². The van der Waals surface area contributed by atoms with E-state index in [1.165, 1.54) is 4.90 Å². The summed E-state index contributed by atoms with van der Waals surface area (Å²) in [4.78, 5) is 28.1. The molecule has 0 aromatic heterocycles. The van der Waals surface area contributed by atoms with Crippen molar-refractivity contribution in [1.29, 1.82) is 0 Å². The highest BCUT2D eigenvalue weighted by Gasteiger charge is 2.47. The summed E-state index contributed by atoms with van der Waals surface area (Å²) in [5, 5.41) is 11.3. The summed E-state index contributed by atoms with van der Waals surface area (Å²) in [7, 11) is 0. The topological polar surface area (TPSA) is 76.1 Å². The van der Waals surface area contributed by atoms with Gasteiger partial charge in [-0.05, 0) is 87.4 Å². The van der Waals surface area contributed by atoms with Gasteiger partial charge in [-0.2, -0.15) is 0 Å². The number of carbonyl (C=O) groups is 2. The Balaban J connectivity index is 1.84. The van der Waals surface area contributed by atoms with E-state index in [4.69, 9.17) is 9.47 Å². The highest BCUT2D eigenvalue weighted by molar-refractivity contribution is 6.51. The van der Waals surface area contributed by atoms with Crippen molar-refractivity contribution in [3.8, 4) is 11.5 Å². The van der Waals surface area contributed by atoms with Crippen LogP contribution in [-0.4, -0.2) is 29.5 Å². The minimum absolute atomic E-state index is 0.00921. The van der Waals surface area contributed by atoms with E-state index in [0.717, 1.165) is 11.1 Å². The largest absolute Gasteiger partial charge is 0.507 e. The third-order valence-electron chi connectivity index (χ3n) is 5.85. The minimum Gasteiger partial charge on any atom is -0.507 e. The fraction of sp³-hybridized carbons (Fsp3) is 0.241. The molecule has 0 saturated carbocycles. The van der Waals surface area contributed by atoms with E-state index in [-0.39, 0.29) is 17.4 Å². The van der Waals surface area contributed by atoms with Crippen LogP contribution in [0.25, 0.3) is 5.76 Å². The van der Waals surface area contributed by atoms with E-state index in [2.05, 4.69) is 0 Å². The Bertz CT molecular complexity index is 1260. The number of carbonyl (C=O) groups excluding carboxylic acids is 2. The number of nitrogens with zero attached hydrogens (tertiary/aromatic N) is 1. The van der Waals surface area contributed by atoms with Gasteiger partial charge in [-0.25, -0.2) is 0 Å². The van der Waals surface area contributed by atoms with Gasteiger partial charge < -0.3 is 14.6 Å². The molecule has 6 heteroatoms. The van der Waals surface area contributed by atoms with Gasteiger partial charge in [-0.15, -0.1) is 0 Å². The summed E-state index contributed by atoms with van der Waals surface area (Å²) in [6.07, 6.45) is 0.00921. The summed E-state index contributed by atoms with van der Waals surface area (Å²) in [6.45, 7) is 8.20. The maximum Gasteiger partial charge on any atom is 0.300 e. The zero-order chi connectivity index (χ0) is 25.1.